The molecule has 0 unspecified atom stereocenters. The minimum atomic E-state index is -1.39. The minimum absolute atomic E-state index is 0. The zero-order chi connectivity index (χ0) is 9.23. The fourth-order valence-electron chi connectivity index (χ4n) is 0.819. The number of hydrogen-bond acceptors (Lipinski definition) is 2. The van der Waals surface area contributed by atoms with Gasteiger partial charge < -0.3 is 8.85 Å². The Kier molecular flexibility index (Phi) is 14.5. The molecule has 0 aliphatic rings. The third-order valence-corrected chi connectivity index (χ3v) is 3.31. The molecule has 0 radical (unpaired) electrons. The fourth-order valence-corrected chi connectivity index (χ4v) is 2.46. The number of hydrogen-bond donors (Lipinski definition) is 0. The van der Waals surface area contributed by atoms with Crippen LogP contribution in [0.3, 0.4) is 0 Å². The van der Waals surface area contributed by atoms with Crippen LogP contribution in [0, 0.1) is 0 Å². The van der Waals surface area contributed by atoms with Crippen molar-refractivity contribution >= 4 is 20.2 Å². The zero-order valence-electron chi connectivity index (χ0n) is 8.21. The Hall–Kier alpha value is 0.0938. The van der Waals surface area contributed by atoms with Gasteiger partial charge in [-0.05, 0) is 23.8 Å². The summed E-state index contributed by atoms with van der Waals surface area (Å²) in [6.45, 7) is 9.57. The molecule has 0 aromatic heterocycles. The van der Waals surface area contributed by atoms with Crippen molar-refractivity contribution in [1.29, 1.82) is 0 Å². The lowest BCUT2D eigenvalue weighted by molar-refractivity contribution is 0.199. The Morgan fingerprint density at radius 1 is 1.15 bits per heavy atom. The molecule has 0 saturated heterocycles. The van der Waals surface area contributed by atoms with Crippen LogP contribution in [0.4, 0.5) is 0 Å². The normalized spacial score (nSPS) is 9.77. The van der Waals surface area contributed by atoms with Crippen LogP contribution in [0.25, 0.3) is 0 Å². The summed E-state index contributed by atoms with van der Waals surface area (Å²) in [6.07, 6.45) is 4.02. The molecule has 0 atom stereocenters. The van der Waals surface area contributed by atoms with Gasteiger partial charge in [0.25, 0.3) is 0 Å². The van der Waals surface area contributed by atoms with Crippen LogP contribution in [0.2, 0.25) is 6.04 Å². The van der Waals surface area contributed by atoms with Crippen molar-refractivity contribution < 1.29 is 8.85 Å². The van der Waals surface area contributed by atoms with Gasteiger partial charge >= 0.3 is 9.28 Å². The van der Waals surface area contributed by atoms with E-state index < -0.39 is 9.28 Å². The fraction of sp³-hybridized carbons (Fsp3) is 0.778. The largest absolute Gasteiger partial charge is 0.396 e. The van der Waals surface area contributed by atoms with Crippen LogP contribution in [-0.2, 0) is 8.85 Å². The molecule has 0 N–H and O–H groups in total. The summed E-state index contributed by atoms with van der Waals surface area (Å²) in [4.78, 5) is 0. The summed E-state index contributed by atoms with van der Waals surface area (Å²) in [5.41, 5.74) is 0. The van der Waals surface area contributed by atoms with E-state index in [0.717, 1.165) is 32.1 Å². The quantitative estimate of drug-likeness (QED) is 0.445. The summed E-state index contributed by atoms with van der Waals surface area (Å²) in [5, 5.41) is 0. The zero-order valence-corrected chi connectivity index (χ0v) is 9.37. The molecule has 0 saturated carbocycles. The molecule has 0 aromatic carbocycles. The van der Waals surface area contributed by atoms with Gasteiger partial charge in [-0.15, -0.1) is 6.58 Å². The van der Waals surface area contributed by atoms with Crippen molar-refractivity contribution in [2.24, 2.45) is 0 Å². The van der Waals surface area contributed by atoms with Gasteiger partial charge in [-0.25, -0.2) is 0 Å². The Labute approximate surface area is 88.2 Å². The smallest absolute Gasteiger partial charge is 0.325 e. The first-order chi connectivity index (χ1) is 5.85. The van der Waals surface area contributed by atoms with Gasteiger partial charge in [0.1, 0.15) is 0 Å². The molecule has 0 bridgehead atoms. The van der Waals surface area contributed by atoms with Crippen molar-refractivity contribution in [3.8, 4) is 0 Å². The molecule has 0 aliphatic carbocycles. The lowest BCUT2D eigenvalue weighted by atomic mass is 10.5. The van der Waals surface area contributed by atoms with E-state index in [9.17, 15) is 0 Å². The maximum Gasteiger partial charge on any atom is 0.325 e. The third-order valence-electron chi connectivity index (χ3n) is 1.37. The summed E-state index contributed by atoms with van der Waals surface area (Å²) < 4.78 is 11.2. The molecule has 13 heavy (non-hydrogen) atoms. The first-order valence-corrected chi connectivity index (χ1v) is 6.45. The van der Waals surface area contributed by atoms with Crippen LogP contribution in [-0.4, -0.2) is 33.5 Å². The second-order valence-electron chi connectivity index (χ2n) is 2.70. The van der Waals surface area contributed by atoms with E-state index in [0.29, 0.717) is 0 Å². The Balaban J connectivity index is 0. The van der Waals surface area contributed by atoms with Crippen LogP contribution >= 0.6 is 0 Å². The van der Waals surface area contributed by atoms with E-state index in [4.69, 9.17) is 8.85 Å². The molecular weight excluding hydrogens is 196 g/mol. The Morgan fingerprint density at radius 3 is 1.92 bits per heavy atom. The molecule has 0 fully saturated rings. The Bertz CT molecular complexity index is 102. The summed E-state index contributed by atoms with van der Waals surface area (Å²) >= 11 is 0. The SMILES string of the molecule is C=CC[SiH](OCCC)OCCC.[SiH4]. The van der Waals surface area contributed by atoms with Gasteiger partial charge in [0.15, 0.2) is 0 Å². The van der Waals surface area contributed by atoms with Gasteiger partial charge in [0, 0.05) is 19.3 Å². The predicted molar refractivity (Wildman–Crippen MR) is 66.0 cm³/mol. The van der Waals surface area contributed by atoms with Gasteiger partial charge in [-0.3, -0.25) is 0 Å². The molecule has 80 valence electrons. The van der Waals surface area contributed by atoms with Crippen LogP contribution in [0.15, 0.2) is 12.7 Å². The summed E-state index contributed by atoms with van der Waals surface area (Å²) in [5.74, 6) is 0. The molecule has 4 heteroatoms. The first kappa shape index (κ1) is 15.6. The van der Waals surface area contributed by atoms with E-state index in [1.54, 1.807) is 0 Å². The second kappa shape index (κ2) is 12.1. The van der Waals surface area contributed by atoms with Crippen molar-refractivity contribution in [1.82, 2.24) is 0 Å². The highest BCUT2D eigenvalue weighted by molar-refractivity contribution is 6.44. The highest BCUT2D eigenvalue weighted by Crippen LogP contribution is 1.99. The van der Waals surface area contributed by atoms with E-state index in [-0.39, 0.29) is 11.0 Å². The summed E-state index contributed by atoms with van der Waals surface area (Å²) in [6, 6.07) is 0.917. The van der Waals surface area contributed by atoms with E-state index in [1.165, 1.54) is 0 Å². The third kappa shape index (κ3) is 10.0. The monoisotopic (exact) mass is 220 g/mol. The maximum atomic E-state index is 5.58. The van der Waals surface area contributed by atoms with Gasteiger partial charge in [0.2, 0.25) is 0 Å². The molecule has 0 rings (SSSR count). The van der Waals surface area contributed by atoms with E-state index >= 15 is 0 Å². The topological polar surface area (TPSA) is 18.5 Å². The van der Waals surface area contributed by atoms with Crippen molar-refractivity contribution in [2.75, 3.05) is 13.2 Å². The van der Waals surface area contributed by atoms with Crippen LogP contribution in [0.5, 0.6) is 0 Å². The molecule has 0 amide bonds. The lowest BCUT2D eigenvalue weighted by Gasteiger charge is -2.13. The first-order valence-electron chi connectivity index (χ1n) is 4.69. The average molecular weight is 220 g/mol. The second-order valence-corrected chi connectivity index (χ2v) is 4.69. The molecule has 0 heterocycles. The summed E-state index contributed by atoms with van der Waals surface area (Å²) in [7, 11) is -1.39. The average Bonchev–Trinajstić information content (AvgIpc) is 2.10. The highest BCUT2D eigenvalue weighted by atomic mass is 28.3. The molecule has 0 aliphatic heterocycles. The van der Waals surface area contributed by atoms with Crippen molar-refractivity contribution in [3.05, 3.63) is 12.7 Å². The number of rotatable bonds is 8. The molecule has 0 aromatic rings. The maximum absolute atomic E-state index is 5.58. The lowest BCUT2D eigenvalue weighted by Crippen LogP contribution is -2.22. The van der Waals surface area contributed by atoms with Gasteiger partial charge in [-0.2, -0.15) is 0 Å². The van der Waals surface area contributed by atoms with Crippen molar-refractivity contribution in [3.63, 3.8) is 0 Å². The standard InChI is InChI=1S/C9H20O2Si.H4Si/c1-4-7-10-12(9-6-3)11-8-5-2;/h6,12H,3-5,7-9H2,1-2H3;1H4. The van der Waals surface area contributed by atoms with E-state index in [2.05, 4.69) is 20.4 Å². The minimum Gasteiger partial charge on any atom is -0.396 e. The van der Waals surface area contributed by atoms with E-state index in [1.807, 2.05) is 6.08 Å². The van der Waals surface area contributed by atoms with Gasteiger partial charge in [-0.1, -0.05) is 19.9 Å². The Morgan fingerprint density at radius 2 is 1.62 bits per heavy atom. The number of allylic oxidation sites excluding steroid dienone is 1. The van der Waals surface area contributed by atoms with Crippen LogP contribution < -0.4 is 0 Å². The predicted octanol–water partition coefficient (Wildman–Crippen LogP) is 0.794. The highest BCUT2D eigenvalue weighted by Gasteiger charge is 2.09. The molecule has 2 nitrogen and oxygen atoms in total. The van der Waals surface area contributed by atoms with Gasteiger partial charge in [0.05, 0.1) is 0 Å². The molecular formula is C9H24O2Si2. The van der Waals surface area contributed by atoms with Crippen molar-refractivity contribution in [2.45, 2.75) is 32.7 Å². The van der Waals surface area contributed by atoms with Crippen LogP contribution in [0.1, 0.15) is 26.7 Å². The molecule has 0 spiro atoms.